The molecule has 2 heterocycles. The topological polar surface area (TPSA) is 105 Å². The molecule has 0 bridgehead atoms. The minimum absolute atomic E-state index is 0.0751. The molecule has 1 atom stereocenters. The molecular formula is C19H15FN4O4. The number of nitro benzene ring substituents is 1. The van der Waals surface area contributed by atoms with E-state index >= 15 is 0 Å². The summed E-state index contributed by atoms with van der Waals surface area (Å²) in [5, 5.41) is 16.2. The summed E-state index contributed by atoms with van der Waals surface area (Å²) in [4.78, 5) is 36.9. The third-order valence-corrected chi connectivity index (χ3v) is 4.74. The van der Waals surface area contributed by atoms with Crippen molar-refractivity contribution in [3.8, 4) is 0 Å². The Kier molecular flexibility index (Phi) is 4.26. The normalized spacial score (nSPS) is 18.6. The highest BCUT2D eigenvalue weighted by molar-refractivity contribution is 6.01. The summed E-state index contributed by atoms with van der Waals surface area (Å²) in [6, 6.07) is 10.4. The van der Waals surface area contributed by atoms with Crippen LogP contribution in [0.25, 0.3) is 0 Å². The van der Waals surface area contributed by atoms with Crippen molar-refractivity contribution in [2.24, 2.45) is 0 Å². The average Bonchev–Trinajstić information content (AvgIpc) is 2.98. The van der Waals surface area contributed by atoms with Crippen molar-refractivity contribution in [3.63, 3.8) is 0 Å². The van der Waals surface area contributed by atoms with Crippen LogP contribution in [0.15, 0.2) is 59.8 Å². The van der Waals surface area contributed by atoms with Crippen LogP contribution in [0.1, 0.15) is 17.2 Å². The Labute approximate surface area is 158 Å². The van der Waals surface area contributed by atoms with Crippen LogP contribution in [0.4, 0.5) is 14.9 Å². The Morgan fingerprint density at radius 3 is 2.43 bits per heavy atom. The zero-order chi connectivity index (χ0) is 19.8. The van der Waals surface area contributed by atoms with Crippen molar-refractivity contribution in [3.05, 3.63) is 86.9 Å². The van der Waals surface area contributed by atoms with E-state index in [9.17, 15) is 24.1 Å². The highest BCUT2D eigenvalue weighted by Gasteiger charge is 2.40. The van der Waals surface area contributed by atoms with Gasteiger partial charge < -0.3 is 15.5 Å². The number of hydrogen-bond acceptors (Lipinski definition) is 4. The molecule has 2 aliphatic heterocycles. The Morgan fingerprint density at radius 1 is 1.11 bits per heavy atom. The first-order valence-corrected chi connectivity index (χ1v) is 8.51. The molecule has 2 aromatic rings. The van der Waals surface area contributed by atoms with Crippen molar-refractivity contribution >= 4 is 17.6 Å². The van der Waals surface area contributed by atoms with E-state index in [0.29, 0.717) is 16.8 Å². The Balaban J connectivity index is 1.60. The van der Waals surface area contributed by atoms with E-state index in [1.54, 1.807) is 17.0 Å². The lowest BCUT2D eigenvalue weighted by atomic mass is 9.96. The molecule has 142 valence electrons. The molecule has 3 amide bonds. The van der Waals surface area contributed by atoms with Crippen LogP contribution >= 0.6 is 0 Å². The molecule has 9 heteroatoms. The van der Waals surface area contributed by atoms with Crippen molar-refractivity contribution in [1.29, 1.82) is 0 Å². The van der Waals surface area contributed by atoms with Gasteiger partial charge in [-0.3, -0.25) is 14.9 Å². The van der Waals surface area contributed by atoms with Crippen molar-refractivity contribution in [2.75, 3.05) is 6.54 Å². The van der Waals surface area contributed by atoms with Gasteiger partial charge in [0.05, 0.1) is 28.8 Å². The second-order valence-electron chi connectivity index (χ2n) is 6.56. The number of benzene rings is 2. The quantitative estimate of drug-likeness (QED) is 0.626. The summed E-state index contributed by atoms with van der Waals surface area (Å²) in [7, 11) is 0. The number of non-ortho nitro benzene ring substituents is 1. The van der Waals surface area contributed by atoms with Gasteiger partial charge in [-0.05, 0) is 35.4 Å². The molecule has 28 heavy (non-hydrogen) atoms. The van der Waals surface area contributed by atoms with Crippen molar-refractivity contribution < 1.29 is 18.9 Å². The lowest BCUT2D eigenvalue weighted by Gasteiger charge is -2.25. The van der Waals surface area contributed by atoms with Crippen LogP contribution in [0.3, 0.4) is 0 Å². The van der Waals surface area contributed by atoms with Crippen LogP contribution in [0, 0.1) is 15.9 Å². The number of carbonyl (C=O) groups is 2. The Morgan fingerprint density at radius 2 is 1.79 bits per heavy atom. The minimum atomic E-state index is -0.699. The highest BCUT2D eigenvalue weighted by atomic mass is 19.1. The van der Waals surface area contributed by atoms with E-state index in [1.807, 2.05) is 0 Å². The second kappa shape index (κ2) is 6.76. The van der Waals surface area contributed by atoms with Crippen LogP contribution in [-0.4, -0.2) is 28.3 Å². The summed E-state index contributed by atoms with van der Waals surface area (Å²) in [5.74, 6) is -0.612. The third-order valence-electron chi connectivity index (χ3n) is 4.74. The smallest absolute Gasteiger partial charge is 0.319 e. The van der Waals surface area contributed by atoms with E-state index in [0.717, 1.165) is 5.56 Å². The van der Waals surface area contributed by atoms with E-state index < -0.39 is 17.0 Å². The standard InChI is InChI=1S/C19H15FN4O4/c20-13-5-1-11(2-6-13)9-23-10-15-16(18(23)25)17(22-19(26)21-15)12-3-7-14(8-4-12)24(27)28/h1-8,17H,9-10H2,(H2,21,22,26)/t17-/m1/s1. The van der Waals surface area contributed by atoms with Crippen molar-refractivity contribution in [2.45, 2.75) is 12.6 Å². The fraction of sp³-hybridized carbons (Fsp3) is 0.158. The van der Waals surface area contributed by atoms with Gasteiger partial charge >= 0.3 is 6.03 Å². The lowest BCUT2D eigenvalue weighted by Crippen LogP contribution is -2.44. The number of nitro groups is 1. The maximum Gasteiger partial charge on any atom is 0.319 e. The Bertz CT molecular complexity index is 1000. The zero-order valence-corrected chi connectivity index (χ0v) is 14.5. The molecule has 8 nitrogen and oxygen atoms in total. The number of rotatable bonds is 4. The molecular weight excluding hydrogens is 367 g/mol. The van der Waals surface area contributed by atoms with E-state index in [2.05, 4.69) is 10.6 Å². The number of carbonyl (C=O) groups excluding carboxylic acids is 2. The molecule has 0 radical (unpaired) electrons. The molecule has 0 aromatic heterocycles. The first kappa shape index (κ1) is 17.7. The number of amides is 3. The van der Waals surface area contributed by atoms with Gasteiger partial charge in [-0.25, -0.2) is 9.18 Å². The molecule has 4 rings (SSSR count). The molecule has 0 aliphatic carbocycles. The number of nitrogens with one attached hydrogen (secondary N) is 2. The first-order chi connectivity index (χ1) is 13.4. The number of halogens is 1. The van der Waals surface area contributed by atoms with Crippen LogP contribution in [0.5, 0.6) is 0 Å². The van der Waals surface area contributed by atoms with E-state index in [4.69, 9.17) is 0 Å². The molecule has 0 unspecified atom stereocenters. The zero-order valence-electron chi connectivity index (χ0n) is 14.5. The molecule has 0 saturated carbocycles. The number of hydrogen-bond donors (Lipinski definition) is 2. The van der Waals surface area contributed by atoms with E-state index in [-0.39, 0.29) is 30.5 Å². The predicted octanol–water partition coefficient (Wildman–Crippen LogP) is 2.38. The number of urea groups is 1. The van der Waals surface area contributed by atoms with Gasteiger partial charge in [0.1, 0.15) is 5.82 Å². The van der Waals surface area contributed by atoms with Gasteiger partial charge in [-0.1, -0.05) is 12.1 Å². The van der Waals surface area contributed by atoms with Gasteiger partial charge in [-0.15, -0.1) is 0 Å². The maximum atomic E-state index is 13.1. The monoisotopic (exact) mass is 382 g/mol. The largest absolute Gasteiger partial charge is 0.329 e. The third kappa shape index (κ3) is 3.18. The molecule has 2 N–H and O–H groups in total. The minimum Gasteiger partial charge on any atom is -0.329 e. The molecule has 2 aromatic carbocycles. The summed E-state index contributed by atoms with van der Waals surface area (Å²) < 4.78 is 13.1. The van der Waals surface area contributed by atoms with Gasteiger partial charge in [0, 0.05) is 18.7 Å². The SMILES string of the molecule is O=C1NC2=C(C(=O)N(Cc3ccc(F)cc3)C2)[C@@H](c2ccc([N+](=O)[O-])cc2)N1. The molecule has 2 aliphatic rings. The highest BCUT2D eigenvalue weighted by Crippen LogP contribution is 2.33. The molecule has 0 spiro atoms. The van der Waals surface area contributed by atoms with E-state index in [1.165, 1.54) is 36.4 Å². The van der Waals surface area contributed by atoms with Gasteiger partial charge in [-0.2, -0.15) is 0 Å². The van der Waals surface area contributed by atoms with Gasteiger partial charge in [0.2, 0.25) is 0 Å². The van der Waals surface area contributed by atoms with Gasteiger partial charge in [0.15, 0.2) is 0 Å². The number of nitrogens with zero attached hydrogens (tertiary/aromatic N) is 2. The molecule has 0 fully saturated rings. The summed E-state index contributed by atoms with van der Waals surface area (Å²) in [6.45, 7) is 0.497. The second-order valence-corrected chi connectivity index (χ2v) is 6.56. The van der Waals surface area contributed by atoms with Crippen LogP contribution in [-0.2, 0) is 11.3 Å². The molecule has 0 saturated heterocycles. The fourth-order valence-corrected chi connectivity index (χ4v) is 3.40. The van der Waals surface area contributed by atoms with Crippen LogP contribution < -0.4 is 10.6 Å². The van der Waals surface area contributed by atoms with Crippen LogP contribution in [0.2, 0.25) is 0 Å². The maximum absolute atomic E-state index is 13.1. The predicted molar refractivity (Wildman–Crippen MR) is 96.3 cm³/mol. The lowest BCUT2D eigenvalue weighted by molar-refractivity contribution is -0.384. The summed E-state index contributed by atoms with van der Waals surface area (Å²) in [6.07, 6.45) is 0. The summed E-state index contributed by atoms with van der Waals surface area (Å²) in [5.41, 5.74) is 2.16. The van der Waals surface area contributed by atoms with Gasteiger partial charge in [0.25, 0.3) is 11.6 Å². The summed E-state index contributed by atoms with van der Waals surface area (Å²) >= 11 is 0. The fourth-order valence-electron chi connectivity index (χ4n) is 3.40. The Hall–Kier alpha value is -3.75. The first-order valence-electron chi connectivity index (χ1n) is 8.51. The van der Waals surface area contributed by atoms with Crippen molar-refractivity contribution in [1.82, 2.24) is 15.5 Å². The average molecular weight is 382 g/mol.